The summed E-state index contributed by atoms with van der Waals surface area (Å²) >= 11 is 0. The molecule has 0 aliphatic rings. The topological polar surface area (TPSA) is 48.3 Å². The van der Waals surface area contributed by atoms with Crippen LogP contribution in [0.15, 0.2) is 30.5 Å². The third-order valence-corrected chi connectivity index (χ3v) is 3.14. The smallest absolute Gasteiger partial charge is 0.207 e. The number of aromatic nitrogens is 2. The fourth-order valence-corrected chi connectivity index (χ4v) is 2.23. The van der Waals surface area contributed by atoms with E-state index in [0.29, 0.717) is 13.2 Å². The number of rotatable bonds is 7. The first-order chi connectivity index (χ1) is 10.1. The highest BCUT2D eigenvalue weighted by atomic mass is 16.5. The zero-order valence-electron chi connectivity index (χ0n) is 13.1. The third kappa shape index (κ3) is 3.98. The Morgan fingerprint density at radius 1 is 1.38 bits per heavy atom. The molecule has 21 heavy (non-hydrogen) atoms. The van der Waals surface area contributed by atoms with E-state index in [0.717, 1.165) is 23.1 Å². The van der Waals surface area contributed by atoms with Crippen molar-refractivity contribution in [3.63, 3.8) is 0 Å². The van der Waals surface area contributed by atoms with Crippen molar-refractivity contribution >= 4 is 11.6 Å². The number of benzene rings is 1. The lowest BCUT2D eigenvalue weighted by atomic mass is 10.3. The Morgan fingerprint density at radius 3 is 2.90 bits per heavy atom. The number of methoxy groups -OCH3 is 1. The van der Waals surface area contributed by atoms with E-state index in [9.17, 15) is 0 Å². The predicted octanol–water partition coefficient (Wildman–Crippen LogP) is 3.54. The number of aryl methyl sites for hydroxylation is 1. The summed E-state index contributed by atoms with van der Waals surface area (Å²) in [7, 11) is 1.71. The summed E-state index contributed by atoms with van der Waals surface area (Å²) in [6, 6.07) is 8.09. The second kappa shape index (κ2) is 7.13. The molecule has 0 spiro atoms. The van der Waals surface area contributed by atoms with Gasteiger partial charge in [0.1, 0.15) is 5.75 Å². The van der Waals surface area contributed by atoms with Gasteiger partial charge in [-0.25, -0.2) is 4.98 Å². The van der Waals surface area contributed by atoms with Crippen LogP contribution in [0.5, 0.6) is 5.75 Å². The van der Waals surface area contributed by atoms with Crippen LogP contribution >= 0.6 is 0 Å². The van der Waals surface area contributed by atoms with Gasteiger partial charge in [0.05, 0.1) is 24.9 Å². The van der Waals surface area contributed by atoms with Crippen LogP contribution in [-0.4, -0.2) is 29.9 Å². The molecular formula is C16H23N3O2. The monoisotopic (exact) mass is 289 g/mol. The molecule has 1 heterocycles. The van der Waals surface area contributed by atoms with E-state index < -0.39 is 0 Å². The zero-order valence-corrected chi connectivity index (χ0v) is 13.1. The van der Waals surface area contributed by atoms with Gasteiger partial charge in [0.15, 0.2) is 0 Å². The summed E-state index contributed by atoms with van der Waals surface area (Å²) in [6.45, 7) is 7.36. The first-order valence-corrected chi connectivity index (χ1v) is 7.18. The average molecular weight is 289 g/mol. The minimum Gasteiger partial charge on any atom is -0.494 e. The normalized spacial score (nSPS) is 12.2. The number of hydrogen-bond donors (Lipinski definition) is 1. The molecule has 0 bridgehead atoms. The summed E-state index contributed by atoms with van der Waals surface area (Å²) < 4.78 is 12.8. The molecule has 0 amide bonds. The molecule has 1 aromatic carbocycles. The van der Waals surface area contributed by atoms with Gasteiger partial charge in [-0.1, -0.05) is 6.07 Å². The highest BCUT2D eigenvalue weighted by molar-refractivity contribution is 5.56. The lowest BCUT2D eigenvalue weighted by molar-refractivity contribution is 0.163. The van der Waals surface area contributed by atoms with Crippen molar-refractivity contribution in [1.82, 2.24) is 9.55 Å². The second-order valence-electron chi connectivity index (χ2n) is 5.00. The minimum atomic E-state index is 0.216. The van der Waals surface area contributed by atoms with Crippen LogP contribution in [0.1, 0.15) is 25.6 Å². The highest BCUT2D eigenvalue weighted by Gasteiger charge is 2.12. The van der Waals surface area contributed by atoms with Gasteiger partial charge in [0, 0.05) is 25.1 Å². The Labute approximate surface area is 125 Å². The molecule has 5 heteroatoms. The Balaban J connectivity index is 2.21. The van der Waals surface area contributed by atoms with Crippen LogP contribution in [0.4, 0.5) is 11.6 Å². The van der Waals surface area contributed by atoms with Gasteiger partial charge in [0.2, 0.25) is 5.95 Å². The molecule has 114 valence electrons. The molecule has 2 rings (SSSR count). The van der Waals surface area contributed by atoms with Crippen molar-refractivity contribution in [2.75, 3.05) is 25.6 Å². The molecule has 1 N–H and O–H groups in total. The van der Waals surface area contributed by atoms with Crippen LogP contribution in [0.25, 0.3) is 0 Å². The van der Waals surface area contributed by atoms with Crippen molar-refractivity contribution in [3.05, 3.63) is 36.2 Å². The van der Waals surface area contributed by atoms with Crippen molar-refractivity contribution < 1.29 is 9.47 Å². The van der Waals surface area contributed by atoms with Gasteiger partial charge in [-0.15, -0.1) is 0 Å². The van der Waals surface area contributed by atoms with Gasteiger partial charge in [0.25, 0.3) is 0 Å². The highest BCUT2D eigenvalue weighted by Crippen LogP contribution is 2.23. The number of hydrogen-bond acceptors (Lipinski definition) is 4. The molecule has 0 aliphatic heterocycles. The van der Waals surface area contributed by atoms with E-state index in [2.05, 4.69) is 21.8 Å². The van der Waals surface area contributed by atoms with Gasteiger partial charge in [-0.05, 0) is 32.9 Å². The molecule has 0 saturated carbocycles. The van der Waals surface area contributed by atoms with Gasteiger partial charge < -0.3 is 19.4 Å². The van der Waals surface area contributed by atoms with Gasteiger partial charge in [-0.2, -0.15) is 0 Å². The fraction of sp³-hybridized carbons (Fsp3) is 0.438. The van der Waals surface area contributed by atoms with E-state index in [1.165, 1.54) is 0 Å². The maximum absolute atomic E-state index is 5.52. The predicted molar refractivity (Wildman–Crippen MR) is 84.4 cm³/mol. The standard InChI is InChI=1S/C16H23N3O2/c1-5-21-15-8-6-7-14(9-15)18-16-17-12(2)10-19(16)13(3)11-20-4/h6-10,13H,5,11H2,1-4H3,(H,17,18). The number of ether oxygens (including phenoxy) is 2. The van der Waals surface area contributed by atoms with Crippen LogP contribution in [0.2, 0.25) is 0 Å². The Bertz CT molecular complexity index is 581. The Hall–Kier alpha value is -2.01. The number of anilines is 2. The number of imidazole rings is 1. The van der Waals surface area contributed by atoms with Crippen molar-refractivity contribution in [3.8, 4) is 5.75 Å². The van der Waals surface area contributed by atoms with E-state index in [-0.39, 0.29) is 6.04 Å². The molecule has 2 aromatic rings. The van der Waals surface area contributed by atoms with Crippen LogP contribution in [0, 0.1) is 6.92 Å². The van der Waals surface area contributed by atoms with Crippen molar-refractivity contribution in [1.29, 1.82) is 0 Å². The summed E-state index contributed by atoms with van der Waals surface area (Å²) in [6.07, 6.45) is 2.03. The van der Waals surface area contributed by atoms with E-state index >= 15 is 0 Å². The lowest BCUT2D eigenvalue weighted by Gasteiger charge is -2.16. The molecule has 1 unspecified atom stereocenters. The summed E-state index contributed by atoms with van der Waals surface area (Å²) in [5.74, 6) is 1.66. The fourth-order valence-electron chi connectivity index (χ4n) is 2.23. The molecule has 0 fully saturated rings. The second-order valence-corrected chi connectivity index (χ2v) is 5.00. The average Bonchev–Trinajstić information content (AvgIpc) is 2.81. The maximum Gasteiger partial charge on any atom is 0.207 e. The van der Waals surface area contributed by atoms with Crippen molar-refractivity contribution in [2.24, 2.45) is 0 Å². The maximum atomic E-state index is 5.52. The number of nitrogens with one attached hydrogen (secondary N) is 1. The van der Waals surface area contributed by atoms with Crippen LogP contribution in [-0.2, 0) is 4.74 Å². The third-order valence-electron chi connectivity index (χ3n) is 3.14. The quantitative estimate of drug-likeness (QED) is 0.847. The van der Waals surface area contributed by atoms with E-state index in [1.54, 1.807) is 7.11 Å². The first kappa shape index (κ1) is 15.4. The number of nitrogens with zero attached hydrogens (tertiary/aromatic N) is 2. The lowest BCUT2D eigenvalue weighted by Crippen LogP contribution is -2.12. The van der Waals surface area contributed by atoms with E-state index in [4.69, 9.17) is 9.47 Å². The first-order valence-electron chi connectivity index (χ1n) is 7.18. The summed E-state index contributed by atoms with van der Waals surface area (Å²) in [5, 5.41) is 3.35. The SMILES string of the molecule is CCOc1cccc(Nc2nc(C)cn2C(C)COC)c1. The van der Waals surface area contributed by atoms with E-state index in [1.807, 2.05) is 44.3 Å². The molecule has 0 aliphatic carbocycles. The Morgan fingerprint density at radius 2 is 2.19 bits per heavy atom. The largest absolute Gasteiger partial charge is 0.494 e. The molecule has 0 radical (unpaired) electrons. The summed E-state index contributed by atoms with van der Waals surface area (Å²) in [5.41, 5.74) is 1.93. The molecule has 0 saturated heterocycles. The minimum absolute atomic E-state index is 0.216. The van der Waals surface area contributed by atoms with Gasteiger partial charge in [-0.3, -0.25) is 0 Å². The Kier molecular flexibility index (Phi) is 5.22. The summed E-state index contributed by atoms with van der Waals surface area (Å²) in [4.78, 5) is 4.54. The van der Waals surface area contributed by atoms with Crippen LogP contribution in [0.3, 0.4) is 0 Å². The van der Waals surface area contributed by atoms with Crippen molar-refractivity contribution in [2.45, 2.75) is 26.8 Å². The van der Waals surface area contributed by atoms with Crippen LogP contribution < -0.4 is 10.1 Å². The molecular weight excluding hydrogens is 266 g/mol. The van der Waals surface area contributed by atoms with Gasteiger partial charge >= 0.3 is 0 Å². The molecule has 5 nitrogen and oxygen atoms in total. The zero-order chi connectivity index (χ0) is 15.2. The molecule has 1 aromatic heterocycles. The molecule has 1 atom stereocenters.